The molecule has 0 radical (unpaired) electrons. The predicted molar refractivity (Wildman–Crippen MR) is 51.9 cm³/mol. The Morgan fingerprint density at radius 2 is 2.27 bits per heavy atom. The van der Waals surface area contributed by atoms with Gasteiger partial charge in [-0.25, -0.2) is 0 Å². The molecule has 0 fully saturated rings. The first-order valence-corrected chi connectivity index (χ1v) is 4.25. The zero-order chi connectivity index (χ0) is 9.97. The minimum absolute atomic E-state index is 0. The van der Waals surface area contributed by atoms with E-state index < -0.39 is 0 Å². The van der Waals surface area contributed by atoms with Gasteiger partial charge < -0.3 is 0 Å². The molecule has 0 aliphatic rings. The first-order chi connectivity index (χ1) is 6.81. The van der Waals surface area contributed by atoms with Crippen molar-refractivity contribution in [3.8, 4) is 11.8 Å². The molecule has 0 spiro atoms. The van der Waals surface area contributed by atoms with E-state index in [0.717, 1.165) is 11.4 Å². The summed E-state index contributed by atoms with van der Waals surface area (Å²) in [5, 5.41) is 13.0. The Labute approximate surface area is 103 Å². The van der Waals surface area contributed by atoms with E-state index in [0.29, 0.717) is 5.56 Å². The molecule has 1 aromatic heterocycles. The molecule has 0 saturated carbocycles. The van der Waals surface area contributed by atoms with Crippen molar-refractivity contribution in [2.45, 2.75) is 6.92 Å². The standard InChI is InChI=1S/C11H8N3.Pt/c1-9-10(7-12)8-14(13-9)11-5-3-2-4-6-11;/h2-5,8H,1H3;/q-1;. The van der Waals surface area contributed by atoms with Gasteiger partial charge in [-0.05, 0) is 12.6 Å². The zero-order valence-corrected chi connectivity index (χ0v) is 10.3. The van der Waals surface area contributed by atoms with Gasteiger partial charge in [0.2, 0.25) is 0 Å². The minimum Gasteiger partial charge on any atom is -0.264 e. The van der Waals surface area contributed by atoms with Crippen LogP contribution in [-0.2, 0) is 21.1 Å². The number of nitrogens with zero attached hydrogens (tertiary/aromatic N) is 3. The van der Waals surface area contributed by atoms with Crippen molar-refractivity contribution in [1.29, 1.82) is 5.26 Å². The SMILES string of the molecule is Cc1nn(-c2[c-]cccc2)cc1C#N.[Pt]. The molecule has 0 aliphatic carbocycles. The van der Waals surface area contributed by atoms with Gasteiger partial charge >= 0.3 is 0 Å². The van der Waals surface area contributed by atoms with Gasteiger partial charge in [0.15, 0.2) is 0 Å². The number of aromatic nitrogens is 2. The molecule has 0 N–H and O–H groups in total. The normalized spacial score (nSPS) is 9.07. The van der Waals surface area contributed by atoms with Gasteiger partial charge in [0.05, 0.1) is 11.3 Å². The number of hydrogen-bond acceptors (Lipinski definition) is 2. The summed E-state index contributed by atoms with van der Waals surface area (Å²) in [5.41, 5.74) is 2.18. The van der Waals surface area contributed by atoms with E-state index in [1.54, 1.807) is 10.9 Å². The van der Waals surface area contributed by atoms with Crippen LogP contribution in [0.4, 0.5) is 0 Å². The van der Waals surface area contributed by atoms with Crippen molar-refractivity contribution in [3.63, 3.8) is 0 Å². The van der Waals surface area contributed by atoms with Crippen LogP contribution in [0, 0.1) is 24.3 Å². The van der Waals surface area contributed by atoms with Crippen LogP contribution in [0.15, 0.2) is 30.5 Å². The van der Waals surface area contributed by atoms with E-state index in [4.69, 9.17) is 5.26 Å². The fraction of sp³-hybridized carbons (Fsp3) is 0.0909. The third-order valence-electron chi connectivity index (χ3n) is 1.96. The number of benzene rings is 1. The average molecular weight is 377 g/mol. The Kier molecular flexibility index (Phi) is 3.82. The second kappa shape index (κ2) is 4.91. The molecule has 0 atom stereocenters. The van der Waals surface area contributed by atoms with E-state index in [2.05, 4.69) is 17.2 Å². The quantitative estimate of drug-likeness (QED) is 0.712. The number of para-hydroxylation sites is 1. The van der Waals surface area contributed by atoms with E-state index in [1.807, 2.05) is 31.2 Å². The first-order valence-electron chi connectivity index (χ1n) is 4.25. The van der Waals surface area contributed by atoms with Crippen molar-refractivity contribution in [3.05, 3.63) is 47.8 Å². The molecule has 4 heteroatoms. The molecular weight excluding hydrogens is 369 g/mol. The summed E-state index contributed by atoms with van der Waals surface area (Å²) in [4.78, 5) is 0. The smallest absolute Gasteiger partial charge is 0.103 e. The fourth-order valence-electron chi connectivity index (χ4n) is 1.22. The molecule has 0 bridgehead atoms. The second-order valence-corrected chi connectivity index (χ2v) is 2.93. The summed E-state index contributed by atoms with van der Waals surface area (Å²) in [5.74, 6) is 0. The summed E-state index contributed by atoms with van der Waals surface area (Å²) in [6, 6.07) is 12.6. The molecule has 0 amide bonds. The van der Waals surface area contributed by atoms with Gasteiger partial charge in [-0.3, -0.25) is 4.68 Å². The third kappa shape index (κ3) is 2.34. The average Bonchev–Trinajstić information content (AvgIpc) is 2.61. The van der Waals surface area contributed by atoms with Crippen LogP contribution in [-0.4, -0.2) is 9.78 Å². The van der Waals surface area contributed by atoms with Crippen LogP contribution < -0.4 is 0 Å². The van der Waals surface area contributed by atoms with Crippen molar-refractivity contribution in [1.82, 2.24) is 9.78 Å². The molecular formula is C11H8N3Pt-. The molecule has 2 aromatic rings. The van der Waals surface area contributed by atoms with Gasteiger partial charge in [0.1, 0.15) is 6.07 Å². The number of hydrogen-bond donors (Lipinski definition) is 0. The van der Waals surface area contributed by atoms with Crippen LogP contribution >= 0.6 is 0 Å². The topological polar surface area (TPSA) is 41.6 Å². The van der Waals surface area contributed by atoms with Crippen molar-refractivity contribution >= 4 is 0 Å². The van der Waals surface area contributed by atoms with Crippen molar-refractivity contribution in [2.24, 2.45) is 0 Å². The minimum atomic E-state index is 0. The van der Waals surface area contributed by atoms with E-state index in [-0.39, 0.29) is 21.1 Å². The molecule has 0 saturated heterocycles. The molecule has 2 rings (SSSR count). The Balaban J connectivity index is 0.00000112. The first kappa shape index (κ1) is 11.7. The summed E-state index contributed by atoms with van der Waals surface area (Å²) >= 11 is 0. The van der Waals surface area contributed by atoms with Gasteiger partial charge in [-0.2, -0.15) is 34.6 Å². The Morgan fingerprint density at radius 1 is 1.47 bits per heavy atom. The molecule has 0 aliphatic heterocycles. The molecule has 78 valence electrons. The molecule has 3 nitrogen and oxygen atoms in total. The fourth-order valence-corrected chi connectivity index (χ4v) is 1.22. The monoisotopic (exact) mass is 377 g/mol. The van der Waals surface area contributed by atoms with Crippen molar-refractivity contribution < 1.29 is 21.1 Å². The molecule has 1 aromatic carbocycles. The Hall–Kier alpha value is -1.39. The molecule has 1 heterocycles. The molecule has 0 unspecified atom stereocenters. The maximum absolute atomic E-state index is 8.77. The van der Waals surface area contributed by atoms with Gasteiger partial charge in [-0.15, -0.1) is 6.07 Å². The number of nitriles is 1. The van der Waals surface area contributed by atoms with Gasteiger partial charge in [-0.1, -0.05) is 0 Å². The van der Waals surface area contributed by atoms with Crippen LogP contribution in [0.1, 0.15) is 11.3 Å². The second-order valence-electron chi connectivity index (χ2n) is 2.93. The summed E-state index contributed by atoms with van der Waals surface area (Å²) in [6.07, 6.45) is 1.71. The third-order valence-corrected chi connectivity index (χ3v) is 1.96. The molecule has 15 heavy (non-hydrogen) atoms. The van der Waals surface area contributed by atoms with Crippen molar-refractivity contribution in [2.75, 3.05) is 0 Å². The zero-order valence-electron chi connectivity index (χ0n) is 8.04. The predicted octanol–water partition coefficient (Wildman–Crippen LogP) is 1.85. The van der Waals surface area contributed by atoms with Crippen LogP contribution in [0.3, 0.4) is 0 Å². The number of rotatable bonds is 1. The maximum Gasteiger partial charge on any atom is 0.103 e. The van der Waals surface area contributed by atoms with E-state index in [1.165, 1.54) is 0 Å². The van der Waals surface area contributed by atoms with Gasteiger partial charge in [0, 0.05) is 27.3 Å². The summed E-state index contributed by atoms with van der Waals surface area (Å²) in [6.45, 7) is 1.82. The van der Waals surface area contributed by atoms with Crippen LogP contribution in [0.25, 0.3) is 5.69 Å². The Bertz CT molecular complexity index is 482. The largest absolute Gasteiger partial charge is 0.264 e. The Morgan fingerprint density at radius 3 is 2.80 bits per heavy atom. The summed E-state index contributed by atoms with van der Waals surface area (Å²) < 4.78 is 1.66. The number of aryl methyl sites for hydroxylation is 1. The van der Waals surface area contributed by atoms with E-state index in [9.17, 15) is 0 Å². The van der Waals surface area contributed by atoms with Gasteiger partial charge in [0.25, 0.3) is 0 Å². The summed E-state index contributed by atoms with van der Waals surface area (Å²) in [7, 11) is 0. The maximum atomic E-state index is 8.77. The van der Waals surface area contributed by atoms with Crippen LogP contribution in [0.2, 0.25) is 0 Å². The van der Waals surface area contributed by atoms with E-state index >= 15 is 0 Å². The van der Waals surface area contributed by atoms with Crippen LogP contribution in [0.5, 0.6) is 0 Å².